The molecule has 2 fully saturated rings. The second-order valence-electron chi connectivity index (χ2n) is 9.84. The molecule has 2 aromatic carbocycles. The van der Waals surface area contributed by atoms with Crippen LogP contribution in [0.25, 0.3) is 10.8 Å². The number of piperidine rings is 1. The van der Waals surface area contributed by atoms with Crippen LogP contribution in [-0.4, -0.2) is 49.6 Å². The molecule has 0 spiro atoms. The summed E-state index contributed by atoms with van der Waals surface area (Å²) >= 11 is 0. The molecule has 2 N–H and O–H groups in total. The molecule has 4 heteroatoms. The SMILES string of the molecule is O=C(Cc1cccc2ccccc12)N1CCC(CNCCCCNC2CCCCC2)CC1. The molecule has 1 saturated heterocycles. The van der Waals surface area contributed by atoms with Crippen LogP contribution in [0.4, 0.5) is 0 Å². The van der Waals surface area contributed by atoms with Gasteiger partial charge >= 0.3 is 0 Å². The molecule has 2 aromatic rings. The highest BCUT2D eigenvalue weighted by atomic mass is 16.2. The first kappa shape index (κ1) is 23.3. The van der Waals surface area contributed by atoms with Crippen LogP contribution in [0, 0.1) is 5.92 Å². The van der Waals surface area contributed by atoms with E-state index in [-0.39, 0.29) is 5.91 Å². The van der Waals surface area contributed by atoms with Crippen LogP contribution in [0.5, 0.6) is 0 Å². The van der Waals surface area contributed by atoms with Crippen molar-refractivity contribution in [2.24, 2.45) is 5.92 Å². The standard InChI is InChI=1S/C28H41N3O/c32-28(21-25-11-8-10-24-9-4-5-14-27(24)25)31-19-15-23(16-20-31)22-29-17-6-7-18-30-26-12-2-1-3-13-26/h4-5,8-11,14,23,26,29-30H,1-3,6-7,12-13,15-22H2. The lowest BCUT2D eigenvalue weighted by Crippen LogP contribution is -2.41. The van der Waals surface area contributed by atoms with E-state index < -0.39 is 0 Å². The van der Waals surface area contributed by atoms with Gasteiger partial charge < -0.3 is 15.5 Å². The molecule has 1 heterocycles. The van der Waals surface area contributed by atoms with E-state index in [0.717, 1.165) is 50.6 Å². The Kier molecular flexibility index (Phi) is 8.98. The third-order valence-electron chi connectivity index (χ3n) is 7.44. The second-order valence-corrected chi connectivity index (χ2v) is 9.84. The number of amides is 1. The quantitative estimate of drug-likeness (QED) is 0.521. The van der Waals surface area contributed by atoms with Crippen LogP contribution in [0.3, 0.4) is 0 Å². The number of nitrogens with one attached hydrogen (secondary N) is 2. The highest BCUT2D eigenvalue weighted by Crippen LogP contribution is 2.22. The molecular formula is C28H41N3O. The number of likely N-dealkylation sites (tertiary alicyclic amines) is 1. The summed E-state index contributed by atoms with van der Waals surface area (Å²) in [5, 5.41) is 9.83. The lowest BCUT2D eigenvalue weighted by Gasteiger charge is -2.32. The number of hydrogen-bond acceptors (Lipinski definition) is 3. The number of nitrogens with zero attached hydrogens (tertiary/aromatic N) is 1. The Bertz CT molecular complexity index is 832. The van der Waals surface area contributed by atoms with Gasteiger partial charge in [-0.15, -0.1) is 0 Å². The third kappa shape index (κ3) is 6.79. The Morgan fingerprint density at radius 1 is 0.875 bits per heavy atom. The maximum absolute atomic E-state index is 12.9. The number of unbranched alkanes of at least 4 members (excludes halogenated alkanes) is 1. The average Bonchev–Trinajstić information content (AvgIpc) is 2.85. The molecule has 32 heavy (non-hydrogen) atoms. The maximum Gasteiger partial charge on any atom is 0.227 e. The number of carbonyl (C=O) groups is 1. The first-order valence-electron chi connectivity index (χ1n) is 13.0. The summed E-state index contributed by atoms with van der Waals surface area (Å²) in [6.45, 7) is 5.19. The number of carbonyl (C=O) groups excluding carboxylic acids is 1. The number of rotatable bonds is 10. The summed E-state index contributed by atoms with van der Waals surface area (Å²) in [6, 6.07) is 15.4. The molecule has 1 amide bonds. The predicted octanol–water partition coefficient (Wildman–Crippen LogP) is 4.91. The average molecular weight is 436 g/mol. The Morgan fingerprint density at radius 2 is 1.62 bits per heavy atom. The van der Waals surface area contributed by atoms with Gasteiger partial charge in [0.1, 0.15) is 0 Å². The van der Waals surface area contributed by atoms with Gasteiger partial charge in [0.25, 0.3) is 0 Å². The van der Waals surface area contributed by atoms with Crippen molar-refractivity contribution in [1.29, 1.82) is 0 Å². The van der Waals surface area contributed by atoms with Gasteiger partial charge in [0.05, 0.1) is 6.42 Å². The van der Waals surface area contributed by atoms with Crippen LogP contribution in [0.1, 0.15) is 63.4 Å². The van der Waals surface area contributed by atoms with Gasteiger partial charge in [-0.25, -0.2) is 0 Å². The van der Waals surface area contributed by atoms with Crippen LogP contribution >= 0.6 is 0 Å². The third-order valence-corrected chi connectivity index (χ3v) is 7.44. The van der Waals surface area contributed by atoms with Crippen LogP contribution in [0.15, 0.2) is 42.5 Å². The smallest absolute Gasteiger partial charge is 0.227 e. The molecule has 1 saturated carbocycles. The van der Waals surface area contributed by atoms with Crippen LogP contribution < -0.4 is 10.6 Å². The summed E-state index contributed by atoms with van der Waals surface area (Å²) in [4.78, 5) is 15.0. The normalized spacial score (nSPS) is 18.3. The molecule has 0 bridgehead atoms. The van der Waals surface area contributed by atoms with Gasteiger partial charge in [-0.3, -0.25) is 4.79 Å². The summed E-state index contributed by atoms with van der Waals surface area (Å²) < 4.78 is 0. The number of hydrogen-bond donors (Lipinski definition) is 2. The summed E-state index contributed by atoms with van der Waals surface area (Å²) in [7, 11) is 0. The van der Waals surface area contributed by atoms with Crippen molar-refractivity contribution in [3.63, 3.8) is 0 Å². The molecule has 4 nitrogen and oxygen atoms in total. The number of fused-ring (bicyclic) bond motifs is 1. The Morgan fingerprint density at radius 3 is 2.47 bits per heavy atom. The minimum absolute atomic E-state index is 0.276. The predicted molar refractivity (Wildman–Crippen MR) is 134 cm³/mol. The minimum Gasteiger partial charge on any atom is -0.342 e. The van der Waals surface area contributed by atoms with E-state index in [1.807, 2.05) is 0 Å². The molecule has 0 aromatic heterocycles. The Labute approximate surface area is 194 Å². The molecule has 2 aliphatic rings. The van der Waals surface area contributed by atoms with E-state index in [1.54, 1.807) is 0 Å². The summed E-state index contributed by atoms with van der Waals surface area (Å²) in [5.74, 6) is 0.982. The van der Waals surface area contributed by atoms with E-state index >= 15 is 0 Å². The van der Waals surface area contributed by atoms with Gasteiger partial charge in [-0.2, -0.15) is 0 Å². The van der Waals surface area contributed by atoms with E-state index in [0.29, 0.717) is 12.3 Å². The van der Waals surface area contributed by atoms with E-state index in [4.69, 9.17) is 0 Å². The van der Waals surface area contributed by atoms with Crippen molar-refractivity contribution in [1.82, 2.24) is 15.5 Å². The fourth-order valence-electron chi connectivity index (χ4n) is 5.40. The van der Waals surface area contributed by atoms with Crippen molar-refractivity contribution in [3.05, 3.63) is 48.0 Å². The van der Waals surface area contributed by atoms with Gasteiger partial charge in [0.2, 0.25) is 5.91 Å². The van der Waals surface area contributed by atoms with Crippen molar-refractivity contribution >= 4 is 16.7 Å². The maximum atomic E-state index is 12.9. The van der Waals surface area contributed by atoms with Gasteiger partial charge in [-0.05, 0) is 80.4 Å². The first-order chi connectivity index (χ1) is 15.8. The molecule has 0 unspecified atom stereocenters. The zero-order chi connectivity index (χ0) is 22.0. The van der Waals surface area contributed by atoms with Crippen molar-refractivity contribution < 1.29 is 4.79 Å². The topological polar surface area (TPSA) is 44.4 Å². The zero-order valence-corrected chi connectivity index (χ0v) is 19.7. The lowest BCUT2D eigenvalue weighted by atomic mass is 9.95. The van der Waals surface area contributed by atoms with Crippen molar-refractivity contribution in [2.45, 2.75) is 70.3 Å². The molecule has 174 valence electrons. The fourth-order valence-corrected chi connectivity index (χ4v) is 5.40. The molecular weight excluding hydrogens is 394 g/mol. The monoisotopic (exact) mass is 435 g/mol. The molecule has 0 radical (unpaired) electrons. The number of benzene rings is 2. The van der Waals surface area contributed by atoms with Gasteiger partial charge in [-0.1, -0.05) is 61.7 Å². The van der Waals surface area contributed by atoms with E-state index in [2.05, 4.69) is 58.0 Å². The molecule has 1 aliphatic heterocycles. The second kappa shape index (κ2) is 12.4. The summed E-state index contributed by atoms with van der Waals surface area (Å²) in [6.07, 6.45) is 12.3. The van der Waals surface area contributed by atoms with Crippen molar-refractivity contribution in [2.75, 3.05) is 32.7 Å². The fraction of sp³-hybridized carbons (Fsp3) is 0.607. The summed E-state index contributed by atoms with van der Waals surface area (Å²) in [5.41, 5.74) is 1.15. The van der Waals surface area contributed by atoms with Gasteiger partial charge in [0, 0.05) is 19.1 Å². The highest BCUT2D eigenvalue weighted by Gasteiger charge is 2.23. The van der Waals surface area contributed by atoms with E-state index in [9.17, 15) is 4.79 Å². The van der Waals surface area contributed by atoms with Crippen LogP contribution in [-0.2, 0) is 11.2 Å². The van der Waals surface area contributed by atoms with Gasteiger partial charge in [0.15, 0.2) is 0 Å². The Hall–Kier alpha value is -1.91. The first-order valence-corrected chi connectivity index (χ1v) is 13.0. The van der Waals surface area contributed by atoms with Crippen molar-refractivity contribution in [3.8, 4) is 0 Å². The van der Waals surface area contributed by atoms with Crippen LogP contribution in [0.2, 0.25) is 0 Å². The minimum atomic E-state index is 0.276. The molecule has 4 rings (SSSR count). The largest absolute Gasteiger partial charge is 0.342 e. The van der Waals surface area contributed by atoms with E-state index in [1.165, 1.54) is 62.3 Å². The lowest BCUT2D eigenvalue weighted by molar-refractivity contribution is -0.131. The molecule has 1 aliphatic carbocycles. The highest BCUT2D eigenvalue weighted by molar-refractivity contribution is 5.90. The molecule has 0 atom stereocenters. The zero-order valence-electron chi connectivity index (χ0n) is 19.7. The Balaban J connectivity index is 1.08.